The van der Waals surface area contributed by atoms with Crippen LogP contribution in [-0.4, -0.2) is 9.38 Å². The predicted octanol–water partition coefficient (Wildman–Crippen LogP) is 4.08. The van der Waals surface area contributed by atoms with Gasteiger partial charge in [-0.2, -0.15) is 0 Å². The lowest BCUT2D eigenvalue weighted by molar-refractivity contribution is 0.628. The zero-order chi connectivity index (χ0) is 12.8. The summed E-state index contributed by atoms with van der Waals surface area (Å²) in [6.07, 6.45) is 6.98. The number of aromatic nitrogens is 2. The van der Waals surface area contributed by atoms with Gasteiger partial charge in [0, 0.05) is 22.3 Å². The van der Waals surface area contributed by atoms with Gasteiger partial charge in [-0.1, -0.05) is 0 Å². The zero-order valence-electron chi connectivity index (χ0n) is 10.4. The number of benzene rings is 1. The summed E-state index contributed by atoms with van der Waals surface area (Å²) in [7, 11) is 0. The van der Waals surface area contributed by atoms with Gasteiger partial charge in [0.2, 0.25) is 0 Å². The van der Waals surface area contributed by atoms with Crippen molar-refractivity contribution in [2.45, 2.75) is 25.7 Å². The van der Waals surface area contributed by atoms with Gasteiger partial charge in [0.25, 0.3) is 0 Å². The van der Waals surface area contributed by atoms with E-state index in [1.807, 2.05) is 0 Å². The van der Waals surface area contributed by atoms with Gasteiger partial charge in [-0.3, -0.25) is 4.40 Å². The maximum absolute atomic E-state index is 12.9. The van der Waals surface area contributed by atoms with Crippen LogP contribution in [0, 0.1) is 5.82 Å². The first-order valence-electron chi connectivity index (χ1n) is 6.57. The van der Waals surface area contributed by atoms with Crippen molar-refractivity contribution in [2.75, 3.05) is 0 Å². The van der Waals surface area contributed by atoms with E-state index >= 15 is 0 Å². The highest BCUT2D eigenvalue weighted by Gasteiger charge is 2.18. The van der Waals surface area contributed by atoms with E-state index < -0.39 is 0 Å². The van der Waals surface area contributed by atoms with E-state index in [1.54, 1.807) is 23.5 Å². The van der Waals surface area contributed by atoms with E-state index in [9.17, 15) is 4.39 Å². The van der Waals surface area contributed by atoms with Crippen molar-refractivity contribution in [3.63, 3.8) is 0 Å². The maximum atomic E-state index is 12.9. The fourth-order valence-corrected chi connectivity index (χ4v) is 3.92. The van der Waals surface area contributed by atoms with Crippen molar-refractivity contribution >= 4 is 16.3 Å². The number of nitrogens with zero attached hydrogens (tertiary/aromatic N) is 2. The molecule has 0 spiro atoms. The standard InChI is InChI=1S/C15H13FN2S/c16-11-7-5-10(6-8-11)12-9-18-13-3-1-2-4-14(13)19-15(18)17-12/h5-9H,1-4H2. The average molecular weight is 272 g/mol. The monoisotopic (exact) mass is 272 g/mol. The fraction of sp³-hybridized carbons (Fsp3) is 0.267. The predicted molar refractivity (Wildman–Crippen MR) is 75.1 cm³/mol. The van der Waals surface area contributed by atoms with Crippen LogP contribution in [0.1, 0.15) is 23.4 Å². The van der Waals surface area contributed by atoms with E-state index in [4.69, 9.17) is 0 Å². The topological polar surface area (TPSA) is 17.3 Å². The molecule has 2 nitrogen and oxygen atoms in total. The second kappa shape index (κ2) is 4.17. The molecule has 1 aromatic carbocycles. The fourth-order valence-electron chi connectivity index (χ4n) is 2.73. The number of rotatable bonds is 1. The number of fused-ring (bicyclic) bond motifs is 3. The molecule has 0 unspecified atom stereocenters. The van der Waals surface area contributed by atoms with Crippen molar-refractivity contribution in [3.8, 4) is 11.3 Å². The molecule has 0 radical (unpaired) electrons. The SMILES string of the molecule is Fc1ccc(-c2cn3c4c(sc3n2)CCCC4)cc1. The van der Waals surface area contributed by atoms with Crippen LogP contribution in [0.15, 0.2) is 30.5 Å². The number of hydrogen-bond donors (Lipinski definition) is 0. The van der Waals surface area contributed by atoms with Gasteiger partial charge in [-0.25, -0.2) is 9.37 Å². The van der Waals surface area contributed by atoms with Crippen LogP contribution in [0.5, 0.6) is 0 Å². The van der Waals surface area contributed by atoms with E-state index in [1.165, 1.54) is 42.0 Å². The van der Waals surface area contributed by atoms with Crippen molar-refractivity contribution in [1.29, 1.82) is 0 Å². The van der Waals surface area contributed by atoms with E-state index in [2.05, 4.69) is 15.6 Å². The third-order valence-electron chi connectivity index (χ3n) is 3.71. The van der Waals surface area contributed by atoms with Crippen LogP contribution in [-0.2, 0) is 12.8 Å². The molecule has 0 fully saturated rings. The molecule has 3 aromatic rings. The Balaban J connectivity index is 1.84. The van der Waals surface area contributed by atoms with Gasteiger partial charge in [0.1, 0.15) is 5.82 Å². The molecule has 4 heteroatoms. The first-order chi connectivity index (χ1) is 9.31. The Kier molecular flexibility index (Phi) is 2.45. The summed E-state index contributed by atoms with van der Waals surface area (Å²) in [5, 5.41) is 0. The number of halogens is 1. The van der Waals surface area contributed by atoms with Gasteiger partial charge in [0.15, 0.2) is 4.96 Å². The second-order valence-corrected chi connectivity index (χ2v) is 6.03. The summed E-state index contributed by atoms with van der Waals surface area (Å²) >= 11 is 1.80. The van der Waals surface area contributed by atoms with Crippen LogP contribution in [0.3, 0.4) is 0 Å². The smallest absolute Gasteiger partial charge is 0.194 e. The molecule has 0 amide bonds. The van der Waals surface area contributed by atoms with Gasteiger partial charge in [-0.15, -0.1) is 11.3 Å². The van der Waals surface area contributed by atoms with E-state index in [0.717, 1.165) is 22.6 Å². The molecular weight excluding hydrogens is 259 g/mol. The summed E-state index contributed by atoms with van der Waals surface area (Å²) in [4.78, 5) is 7.22. The van der Waals surface area contributed by atoms with Crippen LogP contribution >= 0.6 is 11.3 Å². The lowest BCUT2D eigenvalue weighted by Gasteiger charge is -2.09. The van der Waals surface area contributed by atoms with Crippen molar-refractivity contribution in [1.82, 2.24) is 9.38 Å². The molecule has 1 aliphatic carbocycles. The van der Waals surface area contributed by atoms with E-state index in [0.29, 0.717) is 0 Å². The first-order valence-corrected chi connectivity index (χ1v) is 7.38. The summed E-state index contributed by atoms with van der Waals surface area (Å²) in [5.74, 6) is -0.206. The highest BCUT2D eigenvalue weighted by atomic mass is 32.1. The van der Waals surface area contributed by atoms with Crippen LogP contribution in [0.2, 0.25) is 0 Å². The molecule has 0 aliphatic heterocycles. The normalized spacial score (nSPS) is 14.8. The molecule has 4 rings (SSSR count). The first kappa shape index (κ1) is 11.2. The quantitative estimate of drug-likeness (QED) is 0.652. The van der Waals surface area contributed by atoms with Gasteiger partial charge in [-0.05, 0) is 49.9 Å². The maximum Gasteiger partial charge on any atom is 0.194 e. The molecule has 1 aliphatic rings. The van der Waals surface area contributed by atoms with Gasteiger partial charge >= 0.3 is 0 Å². The number of thiazole rings is 1. The van der Waals surface area contributed by atoms with Crippen molar-refractivity contribution < 1.29 is 4.39 Å². The minimum absolute atomic E-state index is 0.206. The molecule has 19 heavy (non-hydrogen) atoms. The molecule has 0 N–H and O–H groups in total. The molecular formula is C15H13FN2S. The van der Waals surface area contributed by atoms with Gasteiger partial charge < -0.3 is 0 Å². The third kappa shape index (κ3) is 1.78. The molecule has 2 heterocycles. The minimum Gasteiger partial charge on any atom is -0.294 e. The Bertz CT molecular complexity index is 739. The van der Waals surface area contributed by atoms with Crippen LogP contribution in [0.25, 0.3) is 16.2 Å². The number of aryl methyl sites for hydroxylation is 2. The Hall–Kier alpha value is -1.68. The summed E-state index contributed by atoms with van der Waals surface area (Å²) in [6, 6.07) is 6.54. The molecule has 0 atom stereocenters. The lowest BCUT2D eigenvalue weighted by Crippen LogP contribution is -2.01. The van der Waals surface area contributed by atoms with Crippen molar-refractivity contribution in [3.05, 3.63) is 46.9 Å². The Morgan fingerprint density at radius 1 is 1.11 bits per heavy atom. The highest BCUT2D eigenvalue weighted by molar-refractivity contribution is 7.17. The molecule has 0 bridgehead atoms. The third-order valence-corrected chi connectivity index (χ3v) is 4.86. The Morgan fingerprint density at radius 3 is 2.74 bits per heavy atom. The Morgan fingerprint density at radius 2 is 1.89 bits per heavy atom. The summed E-state index contributed by atoms with van der Waals surface area (Å²) in [6.45, 7) is 0. The largest absolute Gasteiger partial charge is 0.294 e. The van der Waals surface area contributed by atoms with Crippen LogP contribution in [0.4, 0.5) is 4.39 Å². The second-order valence-electron chi connectivity index (χ2n) is 4.96. The molecule has 2 aromatic heterocycles. The highest BCUT2D eigenvalue weighted by Crippen LogP contribution is 2.32. The minimum atomic E-state index is -0.206. The number of imidazole rings is 1. The average Bonchev–Trinajstić information content (AvgIpc) is 2.97. The molecule has 0 saturated carbocycles. The van der Waals surface area contributed by atoms with Crippen molar-refractivity contribution in [2.24, 2.45) is 0 Å². The zero-order valence-corrected chi connectivity index (χ0v) is 11.2. The Labute approximate surface area is 114 Å². The lowest BCUT2D eigenvalue weighted by atomic mass is 10.0. The molecule has 96 valence electrons. The number of hydrogen-bond acceptors (Lipinski definition) is 2. The van der Waals surface area contributed by atoms with Crippen LogP contribution < -0.4 is 0 Å². The summed E-state index contributed by atoms with van der Waals surface area (Å²) in [5.41, 5.74) is 3.33. The van der Waals surface area contributed by atoms with E-state index in [-0.39, 0.29) is 5.82 Å². The van der Waals surface area contributed by atoms with Gasteiger partial charge in [0.05, 0.1) is 5.69 Å². The molecule has 0 saturated heterocycles. The summed E-state index contributed by atoms with van der Waals surface area (Å²) < 4.78 is 15.2.